The number of hydrogen-bond donors (Lipinski definition) is 1. The van der Waals surface area contributed by atoms with Crippen LogP contribution in [0.25, 0.3) is 0 Å². The molecule has 0 aliphatic carbocycles. The second kappa shape index (κ2) is 13.5. The van der Waals surface area contributed by atoms with Crippen molar-refractivity contribution >= 4 is 78.3 Å². The van der Waals surface area contributed by atoms with Crippen LogP contribution in [0.15, 0.2) is 65.6 Å². The molecule has 1 aliphatic rings. The zero-order chi connectivity index (χ0) is 20.8. The number of benzene rings is 2. The van der Waals surface area contributed by atoms with Gasteiger partial charge in [-0.1, -0.05) is 67.2 Å². The third-order valence-electron chi connectivity index (χ3n) is 4.77. The summed E-state index contributed by atoms with van der Waals surface area (Å²) in [6.45, 7) is 2.15. The van der Waals surface area contributed by atoms with Crippen LogP contribution in [-0.4, -0.2) is 93.8 Å². The van der Waals surface area contributed by atoms with E-state index in [1.807, 2.05) is 36.4 Å². The van der Waals surface area contributed by atoms with Crippen molar-refractivity contribution in [2.24, 2.45) is 5.92 Å². The van der Waals surface area contributed by atoms with Crippen molar-refractivity contribution in [3.63, 3.8) is 0 Å². The Morgan fingerprint density at radius 1 is 1.06 bits per heavy atom. The van der Waals surface area contributed by atoms with Crippen LogP contribution in [0.3, 0.4) is 0 Å². The minimum atomic E-state index is -0.977. The van der Waals surface area contributed by atoms with E-state index >= 15 is 0 Å². The molecule has 0 radical (unpaired) electrons. The Morgan fingerprint density at radius 3 is 2.23 bits per heavy atom. The molecular weight excluding hydrogens is 462 g/mol. The predicted octanol–water partition coefficient (Wildman–Crippen LogP) is 2.30. The first kappa shape index (κ1) is 28.0. The van der Waals surface area contributed by atoms with E-state index in [4.69, 9.17) is 0 Å². The summed E-state index contributed by atoms with van der Waals surface area (Å²) in [6.07, 6.45) is 0.420. The molecule has 6 nitrogen and oxygen atoms in total. The van der Waals surface area contributed by atoms with E-state index in [1.54, 1.807) is 43.0 Å². The second-order valence-corrected chi connectivity index (χ2v) is 9.37. The predicted molar refractivity (Wildman–Crippen MR) is 128 cm³/mol. The van der Waals surface area contributed by atoms with E-state index in [-0.39, 0.29) is 59.5 Å². The summed E-state index contributed by atoms with van der Waals surface area (Å²) in [5, 5.41) is 9.55. The van der Waals surface area contributed by atoms with Crippen molar-refractivity contribution in [3.05, 3.63) is 66.2 Å². The molecule has 1 saturated heterocycles. The van der Waals surface area contributed by atoms with Gasteiger partial charge < -0.3 is 15.5 Å². The quantitative estimate of drug-likeness (QED) is 0.598. The second-order valence-electron chi connectivity index (χ2n) is 7.00. The summed E-state index contributed by atoms with van der Waals surface area (Å²) in [5.74, 6) is -1.29. The van der Waals surface area contributed by atoms with Gasteiger partial charge in [0.15, 0.2) is 0 Å². The van der Waals surface area contributed by atoms with E-state index in [1.165, 1.54) is 4.90 Å². The SMILES string of the molecule is C[C@H](CSC(=O)c1ccccc1)C(=O)N1C[C@@H](Sc2ccccc2)C[C@H]1C(=O)O.O.[CaH2]. The summed E-state index contributed by atoms with van der Waals surface area (Å²) in [5.41, 5.74) is 0.598. The zero-order valence-electron chi connectivity index (χ0n) is 16.6. The van der Waals surface area contributed by atoms with Gasteiger partial charge in [0.25, 0.3) is 0 Å². The molecule has 1 fully saturated rings. The van der Waals surface area contributed by atoms with Crippen LogP contribution in [0.1, 0.15) is 23.7 Å². The number of carboxylic acid groups (broad SMARTS) is 1. The van der Waals surface area contributed by atoms with Gasteiger partial charge in [-0.3, -0.25) is 9.59 Å². The number of carbonyl (C=O) groups is 3. The monoisotopic (exact) mass is 489 g/mol. The molecule has 3 N–H and O–H groups in total. The molecule has 0 spiro atoms. The molecule has 3 atom stereocenters. The molecule has 1 aliphatic heterocycles. The number of thioether (sulfide) groups is 2. The van der Waals surface area contributed by atoms with Crippen molar-refractivity contribution in [2.75, 3.05) is 12.3 Å². The van der Waals surface area contributed by atoms with E-state index in [2.05, 4.69) is 0 Å². The van der Waals surface area contributed by atoms with Crippen molar-refractivity contribution in [1.82, 2.24) is 4.90 Å². The first-order valence-corrected chi connectivity index (χ1v) is 11.3. The molecule has 1 heterocycles. The Hall–Kier alpha value is -1.03. The van der Waals surface area contributed by atoms with Gasteiger partial charge in [-0.05, 0) is 18.6 Å². The van der Waals surface area contributed by atoms with Gasteiger partial charge >= 0.3 is 43.7 Å². The molecule has 2 aromatic carbocycles. The van der Waals surface area contributed by atoms with Gasteiger partial charge in [-0.25, -0.2) is 4.79 Å². The Morgan fingerprint density at radius 2 is 1.65 bits per heavy atom. The zero-order valence-corrected chi connectivity index (χ0v) is 18.2. The van der Waals surface area contributed by atoms with Gasteiger partial charge in [0, 0.05) is 33.9 Å². The first-order valence-electron chi connectivity index (χ1n) is 9.43. The molecule has 31 heavy (non-hydrogen) atoms. The molecule has 0 aromatic heterocycles. The normalized spacial score (nSPS) is 18.4. The van der Waals surface area contributed by atoms with Crippen LogP contribution in [0.5, 0.6) is 0 Å². The molecule has 0 bridgehead atoms. The fourth-order valence-corrected chi connectivity index (χ4v) is 5.32. The summed E-state index contributed by atoms with van der Waals surface area (Å²) >= 11 is 2.70. The van der Waals surface area contributed by atoms with Gasteiger partial charge in [-0.2, -0.15) is 0 Å². The van der Waals surface area contributed by atoms with Crippen molar-refractivity contribution in [1.29, 1.82) is 0 Å². The standard InChI is InChI=1S/C22H23NO4S2.Ca.H2O.2H/c1-15(14-28-22(27)16-8-4-2-5-9-16)20(24)23-13-18(12-19(23)21(25)26)29-17-10-6-3-7-11-17;;;;/h2-11,15,18-19H,12-14H2,1H3,(H,25,26);;1H2;;/t15-,18+,19+;;;;/m1..../s1. The Labute approximate surface area is 220 Å². The number of aliphatic carboxylic acids is 1. The van der Waals surface area contributed by atoms with E-state index < -0.39 is 17.9 Å². The molecule has 9 heteroatoms. The number of carbonyl (C=O) groups excluding carboxylic acids is 2. The van der Waals surface area contributed by atoms with Crippen LogP contribution in [-0.2, 0) is 9.59 Å². The maximum absolute atomic E-state index is 12.9. The average molecular weight is 490 g/mol. The Bertz CT molecular complexity index is 869. The van der Waals surface area contributed by atoms with Crippen LogP contribution < -0.4 is 0 Å². The summed E-state index contributed by atoms with van der Waals surface area (Å²) < 4.78 is 0. The summed E-state index contributed by atoms with van der Waals surface area (Å²) in [4.78, 5) is 39.5. The van der Waals surface area contributed by atoms with E-state index in [0.29, 0.717) is 24.3 Å². The number of amides is 1. The van der Waals surface area contributed by atoms with Crippen LogP contribution in [0.2, 0.25) is 0 Å². The number of nitrogens with zero attached hydrogens (tertiary/aromatic N) is 1. The molecule has 0 saturated carbocycles. The molecule has 1 amide bonds. The molecule has 164 valence electrons. The molecule has 3 rings (SSSR count). The fourth-order valence-electron chi connectivity index (χ4n) is 3.26. The van der Waals surface area contributed by atoms with E-state index in [9.17, 15) is 19.5 Å². The Kier molecular flexibility index (Phi) is 12.2. The molecule has 2 aromatic rings. The fraction of sp³-hybridized carbons (Fsp3) is 0.318. The summed E-state index contributed by atoms with van der Waals surface area (Å²) in [6, 6.07) is 17.9. The third kappa shape index (κ3) is 7.80. The van der Waals surface area contributed by atoms with E-state index in [0.717, 1.165) is 16.7 Å². The topological polar surface area (TPSA) is 106 Å². The maximum atomic E-state index is 12.9. The first-order chi connectivity index (χ1) is 14.0. The number of hydrogen-bond acceptors (Lipinski definition) is 5. The average Bonchev–Trinajstić information content (AvgIpc) is 3.16. The van der Waals surface area contributed by atoms with Crippen molar-refractivity contribution in [2.45, 2.75) is 29.5 Å². The van der Waals surface area contributed by atoms with Gasteiger partial charge in [0.1, 0.15) is 6.04 Å². The number of carboxylic acids is 1. The number of rotatable bonds is 7. The van der Waals surface area contributed by atoms with Crippen molar-refractivity contribution < 1.29 is 25.0 Å². The molecule has 0 unspecified atom stereocenters. The van der Waals surface area contributed by atoms with Crippen LogP contribution in [0.4, 0.5) is 0 Å². The third-order valence-corrected chi connectivity index (χ3v) is 7.16. The number of likely N-dealkylation sites (tertiary alicyclic amines) is 1. The van der Waals surface area contributed by atoms with Gasteiger partial charge in [0.2, 0.25) is 11.0 Å². The van der Waals surface area contributed by atoms with Gasteiger partial charge in [-0.15, -0.1) is 11.8 Å². The van der Waals surface area contributed by atoms with Crippen molar-refractivity contribution in [3.8, 4) is 0 Å². The van der Waals surface area contributed by atoms with Crippen LogP contribution in [0, 0.1) is 5.92 Å². The van der Waals surface area contributed by atoms with Gasteiger partial charge in [0.05, 0.1) is 0 Å². The van der Waals surface area contributed by atoms with Crippen LogP contribution >= 0.6 is 23.5 Å². The summed E-state index contributed by atoms with van der Waals surface area (Å²) in [7, 11) is 0. The minimum absolute atomic E-state index is 0. The Balaban J connectivity index is 0.00000240. The molecular formula is C22H27CaNO5S2.